The predicted octanol–water partition coefficient (Wildman–Crippen LogP) is 6.25. The van der Waals surface area contributed by atoms with E-state index in [-0.39, 0.29) is 22.7 Å². The van der Waals surface area contributed by atoms with E-state index in [0.717, 1.165) is 30.8 Å². The Balaban J connectivity index is 1.78. The lowest BCUT2D eigenvalue weighted by molar-refractivity contribution is 0.0222. The molecule has 0 aliphatic heterocycles. The molecule has 158 valence electrons. The van der Waals surface area contributed by atoms with Crippen molar-refractivity contribution in [3.8, 4) is 17.6 Å². The molecule has 4 rings (SSSR count). The van der Waals surface area contributed by atoms with Crippen molar-refractivity contribution >= 4 is 11.8 Å². The van der Waals surface area contributed by atoms with Gasteiger partial charge in [0.05, 0.1) is 26.2 Å². The van der Waals surface area contributed by atoms with Crippen molar-refractivity contribution in [1.82, 2.24) is 0 Å². The molecule has 1 fully saturated rings. The maximum Gasteiger partial charge on any atom is 0.161 e. The Morgan fingerprint density at radius 2 is 1.70 bits per heavy atom. The molecule has 2 aromatic rings. The molecule has 0 radical (unpaired) electrons. The smallest absolute Gasteiger partial charge is 0.161 e. The topological polar surface area (TPSA) is 42.2 Å². The molecule has 0 saturated heterocycles. The zero-order chi connectivity index (χ0) is 21.5. The molecule has 0 heterocycles. The summed E-state index contributed by atoms with van der Waals surface area (Å²) in [6.45, 7) is 7.13. The minimum absolute atomic E-state index is 0.00484. The van der Waals surface area contributed by atoms with Crippen LogP contribution in [0.2, 0.25) is 0 Å². The van der Waals surface area contributed by atoms with Crippen LogP contribution in [-0.2, 0) is 11.8 Å². The minimum Gasteiger partial charge on any atom is -0.493 e. The first kappa shape index (κ1) is 21.1. The molecule has 0 N–H and O–H groups in total. The van der Waals surface area contributed by atoms with E-state index in [4.69, 9.17) is 9.47 Å². The molecule has 0 amide bonds. The molecule has 4 heteroatoms. The monoisotopic (exact) mass is 421 g/mol. The molecule has 2 aliphatic rings. The lowest BCUT2D eigenvalue weighted by Crippen LogP contribution is -2.56. The largest absolute Gasteiger partial charge is 0.493 e. The molecule has 4 atom stereocenters. The average Bonchev–Trinajstić information content (AvgIpc) is 2.75. The summed E-state index contributed by atoms with van der Waals surface area (Å²) < 4.78 is 11.2. The normalized spacial score (nSPS) is 29.3. The Labute approximate surface area is 184 Å². The van der Waals surface area contributed by atoms with E-state index in [1.54, 1.807) is 14.2 Å². The quantitative estimate of drug-likeness (QED) is 0.585. The van der Waals surface area contributed by atoms with Gasteiger partial charge >= 0.3 is 0 Å². The van der Waals surface area contributed by atoms with E-state index in [9.17, 15) is 5.26 Å². The van der Waals surface area contributed by atoms with Crippen molar-refractivity contribution in [3.63, 3.8) is 0 Å². The SMILES string of the molecule is COc1cc2c(cc1OC)[C@@]1(C)CC[C@H](Sc3ccccc3)C(C)(C)[C@@H]1[C@@H](C#N)C2. The van der Waals surface area contributed by atoms with Gasteiger partial charge in [0.2, 0.25) is 0 Å². The zero-order valence-electron chi connectivity index (χ0n) is 18.6. The van der Waals surface area contributed by atoms with Crippen LogP contribution in [0, 0.1) is 28.6 Å². The summed E-state index contributed by atoms with van der Waals surface area (Å²) in [6, 6.07) is 17.6. The van der Waals surface area contributed by atoms with Crippen molar-refractivity contribution in [2.24, 2.45) is 17.3 Å². The zero-order valence-corrected chi connectivity index (χ0v) is 19.4. The highest BCUT2D eigenvalue weighted by Crippen LogP contribution is 2.62. The Hall–Kier alpha value is -2.12. The fourth-order valence-corrected chi connectivity index (χ4v) is 7.54. The van der Waals surface area contributed by atoms with E-state index >= 15 is 0 Å². The van der Waals surface area contributed by atoms with Gasteiger partial charge in [0.15, 0.2) is 11.5 Å². The Kier molecular flexibility index (Phi) is 5.53. The molecule has 0 unspecified atom stereocenters. The first-order valence-electron chi connectivity index (χ1n) is 10.7. The number of fused-ring (bicyclic) bond motifs is 3. The van der Waals surface area contributed by atoms with Crippen LogP contribution in [0.1, 0.15) is 44.7 Å². The number of methoxy groups -OCH3 is 2. The van der Waals surface area contributed by atoms with E-state index in [1.807, 2.05) is 11.8 Å². The van der Waals surface area contributed by atoms with Crippen molar-refractivity contribution in [2.45, 2.75) is 55.6 Å². The van der Waals surface area contributed by atoms with Gasteiger partial charge < -0.3 is 9.47 Å². The first-order valence-corrected chi connectivity index (χ1v) is 11.6. The van der Waals surface area contributed by atoms with E-state index in [1.165, 1.54) is 16.0 Å². The lowest BCUT2D eigenvalue weighted by atomic mass is 9.47. The van der Waals surface area contributed by atoms with Crippen LogP contribution >= 0.6 is 11.8 Å². The molecule has 30 heavy (non-hydrogen) atoms. The third-order valence-corrected chi connectivity index (χ3v) is 9.17. The van der Waals surface area contributed by atoms with Crippen LogP contribution < -0.4 is 9.47 Å². The van der Waals surface area contributed by atoms with Crippen molar-refractivity contribution in [3.05, 3.63) is 53.6 Å². The maximum absolute atomic E-state index is 10.2. The van der Waals surface area contributed by atoms with Gasteiger partial charge in [-0.05, 0) is 71.4 Å². The number of benzene rings is 2. The fraction of sp³-hybridized carbons (Fsp3) is 0.500. The lowest BCUT2D eigenvalue weighted by Gasteiger charge is -2.58. The van der Waals surface area contributed by atoms with Crippen LogP contribution in [0.4, 0.5) is 0 Å². The Bertz CT molecular complexity index is 965. The summed E-state index contributed by atoms with van der Waals surface area (Å²) in [6.07, 6.45) is 2.98. The first-order chi connectivity index (χ1) is 14.3. The number of thioether (sulfide) groups is 1. The third kappa shape index (κ3) is 3.28. The number of nitrogens with zero attached hydrogens (tertiary/aromatic N) is 1. The van der Waals surface area contributed by atoms with Crippen LogP contribution in [0.5, 0.6) is 11.5 Å². The van der Waals surface area contributed by atoms with Gasteiger partial charge in [0, 0.05) is 10.1 Å². The van der Waals surface area contributed by atoms with E-state index in [0.29, 0.717) is 5.25 Å². The van der Waals surface area contributed by atoms with Gasteiger partial charge in [-0.2, -0.15) is 5.26 Å². The Morgan fingerprint density at radius 3 is 2.33 bits per heavy atom. The molecule has 3 nitrogen and oxygen atoms in total. The molecule has 1 saturated carbocycles. The molecule has 0 aromatic heterocycles. The second-order valence-corrected chi connectivity index (χ2v) is 10.8. The highest BCUT2D eigenvalue weighted by atomic mass is 32.2. The van der Waals surface area contributed by atoms with Crippen molar-refractivity contribution in [2.75, 3.05) is 14.2 Å². The van der Waals surface area contributed by atoms with Gasteiger partial charge in [0.1, 0.15) is 0 Å². The van der Waals surface area contributed by atoms with Gasteiger partial charge in [0.25, 0.3) is 0 Å². The van der Waals surface area contributed by atoms with Crippen LogP contribution in [0.15, 0.2) is 47.4 Å². The van der Waals surface area contributed by atoms with Crippen LogP contribution in [0.25, 0.3) is 0 Å². The summed E-state index contributed by atoms with van der Waals surface area (Å²) in [4.78, 5) is 1.32. The number of hydrogen-bond donors (Lipinski definition) is 0. The number of ether oxygens (including phenoxy) is 2. The highest BCUT2D eigenvalue weighted by molar-refractivity contribution is 8.00. The molecular formula is C26H31NO2S. The van der Waals surface area contributed by atoms with Gasteiger partial charge in [-0.1, -0.05) is 39.0 Å². The summed E-state index contributed by atoms with van der Waals surface area (Å²) in [5.74, 6) is 1.82. The van der Waals surface area contributed by atoms with Crippen LogP contribution in [-0.4, -0.2) is 19.5 Å². The number of rotatable bonds is 4. The summed E-state index contributed by atoms with van der Waals surface area (Å²) >= 11 is 1.98. The van der Waals surface area contributed by atoms with E-state index < -0.39 is 0 Å². The molecule has 2 aliphatic carbocycles. The van der Waals surface area contributed by atoms with E-state index in [2.05, 4.69) is 69.3 Å². The molecule has 0 bridgehead atoms. The van der Waals surface area contributed by atoms with Crippen molar-refractivity contribution in [1.29, 1.82) is 5.26 Å². The molecule has 2 aromatic carbocycles. The third-order valence-electron chi connectivity index (χ3n) is 7.50. The van der Waals surface area contributed by atoms with Crippen molar-refractivity contribution < 1.29 is 9.47 Å². The Morgan fingerprint density at radius 1 is 1.03 bits per heavy atom. The molecular weight excluding hydrogens is 390 g/mol. The van der Waals surface area contributed by atoms with Gasteiger partial charge in [-0.25, -0.2) is 0 Å². The molecule has 0 spiro atoms. The summed E-state index contributed by atoms with van der Waals surface area (Å²) in [5.41, 5.74) is 2.56. The maximum atomic E-state index is 10.2. The number of hydrogen-bond acceptors (Lipinski definition) is 4. The summed E-state index contributed by atoms with van der Waals surface area (Å²) in [7, 11) is 3.37. The summed E-state index contributed by atoms with van der Waals surface area (Å²) in [5, 5.41) is 10.7. The van der Waals surface area contributed by atoms with Gasteiger partial charge in [-0.3, -0.25) is 0 Å². The van der Waals surface area contributed by atoms with Crippen LogP contribution in [0.3, 0.4) is 0 Å². The number of nitriles is 1. The standard InChI is InChI=1S/C26H31NO2S/c1-25(2)23(30-19-9-7-6-8-10-19)11-12-26(3)20-15-22(29-5)21(28-4)14-17(20)13-18(16-27)24(25)26/h6-10,14-15,18,23-24H,11-13H2,1-5H3/t18-,23+,24+,26-/m1/s1. The van der Waals surface area contributed by atoms with Gasteiger partial charge in [-0.15, -0.1) is 11.8 Å². The predicted molar refractivity (Wildman–Crippen MR) is 122 cm³/mol. The second kappa shape index (κ2) is 7.85. The fourth-order valence-electron chi connectivity index (χ4n) is 6.22. The highest BCUT2D eigenvalue weighted by Gasteiger charge is 2.57. The minimum atomic E-state index is -0.0508. The average molecular weight is 422 g/mol. The second-order valence-electron chi connectivity index (χ2n) is 9.48.